The molecule has 0 saturated carbocycles. The summed E-state index contributed by atoms with van der Waals surface area (Å²) in [6.45, 7) is 13.9. The molecule has 2 aromatic rings. The molecule has 4 heteroatoms. The fourth-order valence-electron chi connectivity index (χ4n) is 3.46. The number of furan rings is 1. The molecule has 1 aliphatic heterocycles. The first-order valence-electron chi connectivity index (χ1n) is 8.42. The van der Waals surface area contributed by atoms with Crippen molar-refractivity contribution in [3.05, 3.63) is 34.6 Å². The first kappa shape index (κ1) is 16.1. The topological polar surface area (TPSA) is 36.7 Å². The van der Waals surface area contributed by atoms with Crippen molar-refractivity contribution in [2.75, 3.05) is 26.2 Å². The zero-order chi connectivity index (χ0) is 16.7. The Morgan fingerprint density at radius 2 is 1.65 bits per heavy atom. The second-order valence-electron chi connectivity index (χ2n) is 6.88. The van der Waals surface area contributed by atoms with Crippen LogP contribution in [0.2, 0.25) is 0 Å². The second-order valence-corrected chi connectivity index (χ2v) is 6.88. The molecule has 23 heavy (non-hydrogen) atoms. The van der Waals surface area contributed by atoms with Crippen molar-refractivity contribution in [3.63, 3.8) is 0 Å². The van der Waals surface area contributed by atoms with Crippen molar-refractivity contribution < 1.29 is 9.21 Å². The minimum atomic E-state index is 0.0286. The summed E-state index contributed by atoms with van der Waals surface area (Å²) in [5.41, 5.74) is 4.07. The van der Waals surface area contributed by atoms with Crippen molar-refractivity contribution in [1.82, 2.24) is 9.80 Å². The summed E-state index contributed by atoms with van der Waals surface area (Å²) in [5.74, 6) is 0.538. The van der Waals surface area contributed by atoms with E-state index in [1.54, 1.807) is 0 Å². The maximum absolute atomic E-state index is 12.9. The SMILES string of the molecule is Cc1ccc(C)c2c(C)c(C(=O)N3CCN(C(C)C)CC3)oc12. The van der Waals surface area contributed by atoms with E-state index in [0.717, 1.165) is 53.8 Å². The summed E-state index contributed by atoms with van der Waals surface area (Å²) in [6, 6.07) is 4.68. The van der Waals surface area contributed by atoms with Crippen molar-refractivity contribution in [3.8, 4) is 0 Å². The van der Waals surface area contributed by atoms with Gasteiger partial charge in [-0.3, -0.25) is 9.69 Å². The van der Waals surface area contributed by atoms with E-state index in [-0.39, 0.29) is 5.91 Å². The Kier molecular flexibility index (Phi) is 4.19. The lowest BCUT2D eigenvalue weighted by molar-refractivity contribution is 0.0567. The van der Waals surface area contributed by atoms with Crippen LogP contribution in [0.4, 0.5) is 0 Å². The Morgan fingerprint density at radius 3 is 2.22 bits per heavy atom. The molecule has 0 N–H and O–H groups in total. The largest absolute Gasteiger partial charge is 0.450 e. The first-order chi connectivity index (χ1) is 10.9. The molecule has 1 aliphatic rings. The van der Waals surface area contributed by atoms with Crippen molar-refractivity contribution >= 4 is 16.9 Å². The van der Waals surface area contributed by atoms with Gasteiger partial charge >= 0.3 is 0 Å². The van der Waals surface area contributed by atoms with Crippen LogP contribution in [0.5, 0.6) is 0 Å². The van der Waals surface area contributed by atoms with Crippen LogP contribution in [0.25, 0.3) is 11.0 Å². The molecule has 3 rings (SSSR count). The van der Waals surface area contributed by atoms with E-state index in [1.807, 2.05) is 18.7 Å². The van der Waals surface area contributed by atoms with Crippen molar-refractivity contribution in [2.45, 2.75) is 40.7 Å². The molecule has 0 aliphatic carbocycles. The highest BCUT2D eigenvalue weighted by atomic mass is 16.3. The number of aryl methyl sites for hydroxylation is 3. The van der Waals surface area contributed by atoms with Gasteiger partial charge in [0.1, 0.15) is 5.58 Å². The smallest absolute Gasteiger partial charge is 0.289 e. The van der Waals surface area contributed by atoms with Crippen molar-refractivity contribution in [2.24, 2.45) is 0 Å². The third-order valence-electron chi connectivity index (χ3n) is 5.01. The number of hydrogen-bond donors (Lipinski definition) is 0. The molecule has 1 amide bonds. The number of carbonyl (C=O) groups excluding carboxylic acids is 1. The molecular weight excluding hydrogens is 288 g/mol. The van der Waals surface area contributed by atoms with Gasteiger partial charge in [-0.05, 0) is 45.7 Å². The summed E-state index contributed by atoms with van der Waals surface area (Å²) < 4.78 is 5.99. The highest BCUT2D eigenvalue weighted by molar-refractivity contribution is 6.00. The molecule has 0 bridgehead atoms. The van der Waals surface area contributed by atoms with Gasteiger partial charge in [-0.2, -0.15) is 0 Å². The molecule has 2 heterocycles. The van der Waals surface area contributed by atoms with E-state index in [0.29, 0.717) is 11.8 Å². The highest BCUT2D eigenvalue weighted by Gasteiger charge is 2.28. The standard InChI is InChI=1S/C19H26N2O2/c1-12(2)20-8-10-21(11-9-20)19(22)18-15(5)16-13(3)6-7-14(4)17(16)23-18/h6-7,12H,8-11H2,1-5H3. The van der Waals surface area contributed by atoms with Crippen LogP contribution in [0.3, 0.4) is 0 Å². The van der Waals surface area contributed by atoms with Crippen LogP contribution in [-0.2, 0) is 0 Å². The van der Waals surface area contributed by atoms with Gasteiger partial charge in [-0.1, -0.05) is 12.1 Å². The van der Waals surface area contributed by atoms with Crippen LogP contribution < -0.4 is 0 Å². The molecule has 0 unspecified atom stereocenters. The van der Waals surface area contributed by atoms with Crippen molar-refractivity contribution in [1.29, 1.82) is 0 Å². The number of piperazine rings is 1. The molecule has 124 valence electrons. The first-order valence-corrected chi connectivity index (χ1v) is 8.42. The van der Waals surface area contributed by atoms with E-state index in [4.69, 9.17) is 4.42 Å². The lowest BCUT2D eigenvalue weighted by Gasteiger charge is -2.36. The van der Waals surface area contributed by atoms with Crippen LogP contribution in [0, 0.1) is 20.8 Å². The van der Waals surface area contributed by atoms with E-state index in [1.165, 1.54) is 0 Å². The average Bonchev–Trinajstić information content (AvgIpc) is 2.89. The molecule has 0 spiro atoms. The number of benzene rings is 1. The quantitative estimate of drug-likeness (QED) is 0.851. The number of amides is 1. The Hall–Kier alpha value is -1.81. The Labute approximate surface area is 138 Å². The Morgan fingerprint density at radius 1 is 1.04 bits per heavy atom. The number of hydrogen-bond acceptors (Lipinski definition) is 3. The van der Waals surface area contributed by atoms with Crippen LogP contribution >= 0.6 is 0 Å². The van der Waals surface area contributed by atoms with Crippen LogP contribution in [-0.4, -0.2) is 47.9 Å². The van der Waals surface area contributed by atoms with Gasteiger partial charge in [0, 0.05) is 43.2 Å². The van der Waals surface area contributed by atoms with E-state index in [9.17, 15) is 4.79 Å². The maximum Gasteiger partial charge on any atom is 0.289 e. The summed E-state index contributed by atoms with van der Waals surface area (Å²) in [7, 11) is 0. The lowest BCUT2D eigenvalue weighted by Crippen LogP contribution is -2.50. The predicted molar refractivity (Wildman–Crippen MR) is 93.0 cm³/mol. The zero-order valence-electron chi connectivity index (χ0n) is 14.8. The molecule has 1 saturated heterocycles. The van der Waals surface area contributed by atoms with Crippen LogP contribution in [0.15, 0.2) is 16.5 Å². The molecular formula is C19H26N2O2. The summed E-state index contributed by atoms with van der Waals surface area (Å²) in [4.78, 5) is 17.2. The van der Waals surface area contributed by atoms with Gasteiger partial charge in [0.05, 0.1) is 0 Å². The van der Waals surface area contributed by atoms with Gasteiger partial charge in [-0.15, -0.1) is 0 Å². The fraction of sp³-hybridized carbons (Fsp3) is 0.526. The molecule has 0 atom stereocenters. The number of fused-ring (bicyclic) bond motifs is 1. The Bertz CT molecular complexity index is 737. The third kappa shape index (κ3) is 2.76. The third-order valence-corrected chi connectivity index (χ3v) is 5.01. The number of nitrogens with zero attached hydrogens (tertiary/aromatic N) is 2. The van der Waals surface area contributed by atoms with E-state index < -0.39 is 0 Å². The molecule has 1 aromatic heterocycles. The van der Waals surface area contributed by atoms with Gasteiger partial charge in [0.2, 0.25) is 0 Å². The molecule has 0 radical (unpaired) electrons. The Balaban J connectivity index is 1.89. The van der Waals surface area contributed by atoms with E-state index >= 15 is 0 Å². The van der Waals surface area contributed by atoms with Crippen LogP contribution in [0.1, 0.15) is 41.1 Å². The summed E-state index contributed by atoms with van der Waals surface area (Å²) in [6.07, 6.45) is 0. The molecule has 4 nitrogen and oxygen atoms in total. The summed E-state index contributed by atoms with van der Waals surface area (Å²) >= 11 is 0. The fourth-order valence-corrected chi connectivity index (χ4v) is 3.46. The predicted octanol–water partition coefficient (Wildman–Crippen LogP) is 3.52. The monoisotopic (exact) mass is 314 g/mol. The number of rotatable bonds is 2. The lowest BCUT2D eigenvalue weighted by atomic mass is 10.0. The van der Waals surface area contributed by atoms with E-state index in [2.05, 4.69) is 37.8 Å². The molecule has 1 aromatic carbocycles. The minimum Gasteiger partial charge on any atom is -0.450 e. The minimum absolute atomic E-state index is 0.0286. The second kappa shape index (κ2) is 6.00. The van der Waals surface area contributed by atoms with Gasteiger partial charge in [-0.25, -0.2) is 0 Å². The highest BCUT2D eigenvalue weighted by Crippen LogP contribution is 2.31. The average molecular weight is 314 g/mol. The maximum atomic E-state index is 12.9. The molecule has 1 fully saturated rings. The van der Waals surface area contributed by atoms with Gasteiger partial charge in [0.15, 0.2) is 5.76 Å². The zero-order valence-corrected chi connectivity index (χ0v) is 14.8. The number of carbonyl (C=O) groups is 1. The van der Waals surface area contributed by atoms with Gasteiger partial charge in [0.25, 0.3) is 5.91 Å². The van der Waals surface area contributed by atoms with Gasteiger partial charge < -0.3 is 9.32 Å². The normalized spacial score (nSPS) is 16.5. The summed E-state index contributed by atoms with van der Waals surface area (Å²) in [5, 5.41) is 1.09.